The van der Waals surface area contributed by atoms with Crippen molar-refractivity contribution < 1.29 is 9.59 Å². The van der Waals surface area contributed by atoms with Gasteiger partial charge in [-0.15, -0.1) is 0 Å². The summed E-state index contributed by atoms with van der Waals surface area (Å²) in [6.45, 7) is 6.80. The number of rotatable bonds is 9. The third-order valence-corrected chi connectivity index (χ3v) is 5.82. The van der Waals surface area contributed by atoms with Crippen LogP contribution in [-0.4, -0.2) is 77.7 Å². The van der Waals surface area contributed by atoms with Gasteiger partial charge in [-0.1, -0.05) is 11.6 Å². The minimum atomic E-state index is -0.443. The summed E-state index contributed by atoms with van der Waals surface area (Å²) in [6, 6.07) is 7.09. The molecule has 1 aromatic carbocycles. The van der Waals surface area contributed by atoms with Gasteiger partial charge in [0.1, 0.15) is 12.7 Å². The first-order valence-electron chi connectivity index (χ1n) is 10.7. The van der Waals surface area contributed by atoms with Crippen LogP contribution < -0.4 is 10.7 Å². The van der Waals surface area contributed by atoms with Crippen molar-refractivity contribution in [2.75, 3.05) is 19.6 Å². The Balaban J connectivity index is 1.64. The number of piperidine rings is 1. The molecule has 10 nitrogen and oxygen atoms in total. The zero-order chi connectivity index (χ0) is 23.8. The molecule has 2 heterocycles. The van der Waals surface area contributed by atoms with E-state index in [1.54, 1.807) is 9.80 Å². The molecule has 176 valence electrons. The fourth-order valence-electron chi connectivity index (χ4n) is 3.97. The smallest absolute Gasteiger partial charge is 0.319 e. The van der Waals surface area contributed by atoms with Crippen molar-refractivity contribution in [1.29, 1.82) is 5.41 Å². The second-order valence-electron chi connectivity index (χ2n) is 7.82. The van der Waals surface area contributed by atoms with Gasteiger partial charge in [-0.3, -0.25) is 14.7 Å². The van der Waals surface area contributed by atoms with Crippen LogP contribution in [0.4, 0.5) is 4.79 Å². The standard InChI is InChI=1S/C22H29ClN8O2/c1-15(25-2)31(19-4-3-9-30(14-19)21(32)13-28-27-8-7-24)22(33)26-12-18-11-16-10-17(23)5-6-20(16)29-18/h5-8,10-11,15,19,24,28-29H,2-4,9,12-14H2,1H3,(H,26,33)/b24-7?,27-8-/t15?,19-/m1/s1. The molecule has 3 rings (SSSR count). The minimum absolute atomic E-state index is 0.0307. The molecule has 1 unspecified atom stereocenters. The van der Waals surface area contributed by atoms with Crippen LogP contribution in [0.25, 0.3) is 10.9 Å². The zero-order valence-electron chi connectivity index (χ0n) is 18.6. The summed E-state index contributed by atoms with van der Waals surface area (Å²) < 4.78 is 0. The van der Waals surface area contributed by atoms with Crippen LogP contribution in [0.2, 0.25) is 5.02 Å². The summed E-state index contributed by atoms with van der Waals surface area (Å²) in [5.74, 6) is -0.113. The maximum absolute atomic E-state index is 13.1. The van der Waals surface area contributed by atoms with Crippen molar-refractivity contribution in [1.82, 2.24) is 25.5 Å². The molecule has 2 atom stereocenters. The third-order valence-electron chi connectivity index (χ3n) is 5.58. The lowest BCUT2D eigenvalue weighted by Gasteiger charge is -2.40. The van der Waals surface area contributed by atoms with Crippen LogP contribution >= 0.6 is 11.6 Å². The van der Waals surface area contributed by atoms with Crippen LogP contribution in [-0.2, 0) is 11.3 Å². The number of hydrazone groups is 1. The molecule has 0 radical (unpaired) electrons. The van der Waals surface area contributed by atoms with Crippen LogP contribution in [0, 0.1) is 5.41 Å². The normalized spacial score (nSPS) is 17.0. The van der Waals surface area contributed by atoms with Gasteiger partial charge in [-0.25, -0.2) is 4.79 Å². The van der Waals surface area contributed by atoms with Gasteiger partial charge in [0.2, 0.25) is 5.91 Å². The van der Waals surface area contributed by atoms with Gasteiger partial charge in [-0.2, -0.15) is 5.10 Å². The van der Waals surface area contributed by atoms with Gasteiger partial charge in [-0.05, 0) is 50.7 Å². The highest BCUT2D eigenvalue weighted by atomic mass is 35.5. The molecule has 1 saturated heterocycles. The monoisotopic (exact) mass is 472 g/mol. The Morgan fingerprint density at radius 3 is 3.03 bits per heavy atom. The second kappa shape index (κ2) is 11.5. The fraction of sp³-hybridized carbons (Fsp3) is 0.409. The van der Waals surface area contributed by atoms with Crippen molar-refractivity contribution in [3.8, 4) is 0 Å². The Labute approximate surface area is 197 Å². The van der Waals surface area contributed by atoms with E-state index in [1.165, 1.54) is 6.21 Å². The topological polar surface area (TPSA) is 129 Å². The van der Waals surface area contributed by atoms with E-state index in [-0.39, 0.29) is 24.5 Å². The number of benzene rings is 1. The first-order chi connectivity index (χ1) is 15.9. The van der Waals surface area contributed by atoms with E-state index >= 15 is 0 Å². The predicted molar refractivity (Wildman–Crippen MR) is 131 cm³/mol. The Hall–Kier alpha value is -3.40. The molecule has 2 aromatic rings. The number of H-pyrrole nitrogens is 1. The fourth-order valence-corrected chi connectivity index (χ4v) is 4.15. The number of carbonyl (C=O) groups is 2. The first-order valence-corrected chi connectivity index (χ1v) is 11.1. The maximum Gasteiger partial charge on any atom is 0.319 e. The van der Waals surface area contributed by atoms with E-state index in [1.807, 2.05) is 31.2 Å². The lowest BCUT2D eigenvalue weighted by Crippen LogP contribution is -2.57. The number of aliphatic imine (C=N–C) groups is 1. The van der Waals surface area contributed by atoms with Gasteiger partial charge < -0.3 is 26.0 Å². The maximum atomic E-state index is 13.1. The molecule has 1 aromatic heterocycles. The number of hydrogen-bond acceptors (Lipinski definition) is 6. The van der Waals surface area contributed by atoms with Gasteiger partial charge in [0.15, 0.2) is 0 Å². The summed E-state index contributed by atoms with van der Waals surface area (Å²) in [4.78, 5) is 36.4. The molecule has 1 aliphatic heterocycles. The van der Waals surface area contributed by atoms with Crippen molar-refractivity contribution in [2.45, 2.75) is 38.5 Å². The van der Waals surface area contributed by atoms with E-state index in [9.17, 15) is 9.59 Å². The highest BCUT2D eigenvalue weighted by Gasteiger charge is 2.33. The largest absolute Gasteiger partial charge is 0.357 e. The average molecular weight is 473 g/mol. The van der Waals surface area contributed by atoms with Gasteiger partial charge >= 0.3 is 6.03 Å². The predicted octanol–water partition coefficient (Wildman–Crippen LogP) is 2.60. The molecule has 0 bridgehead atoms. The Morgan fingerprint density at radius 2 is 2.27 bits per heavy atom. The number of aromatic nitrogens is 1. The number of amides is 3. The van der Waals surface area contributed by atoms with E-state index in [0.717, 1.165) is 35.7 Å². The number of aromatic amines is 1. The van der Waals surface area contributed by atoms with Crippen molar-refractivity contribution in [3.05, 3.63) is 35.0 Å². The summed E-state index contributed by atoms with van der Waals surface area (Å²) in [6.07, 6.45) is 3.39. The average Bonchev–Trinajstić information content (AvgIpc) is 3.22. The number of likely N-dealkylation sites (tertiary alicyclic amines) is 1. The quantitative estimate of drug-likeness (QED) is 0.330. The number of urea groups is 1. The number of hydrogen-bond donors (Lipinski definition) is 4. The molecule has 0 saturated carbocycles. The molecule has 3 amide bonds. The SMILES string of the molecule is C=NC(C)N(C(=O)NCc1cc2cc(Cl)ccc2[nH]1)[C@@H]1CCCN(C(=O)CN/N=C\C=N)C1. The zero-order valence-corrected chi connectivity index (χ0v) is 19.3. The summed E-state index contributed by atoms with van der Waals surface area (Å²) in [7, 11) is 0. The number of nitrogens with one attached hydrogen (secondary N) is 4. The Morgan fingerprint density at radius 1 is 1.45 bits per heavy atom. The first kappa shape index (κ1) is 24.2. The van der Waals surface area contributed by atoms with Crippen LogP contribution in [0.3, 0.4) is 0 Å². The molecule has 1 fully saturated rings. The van der Waals surface area contributed by atoms with E-state index in [0.29, 0.717) is 24.7 Å². The molecule has 33 heavy (non-hydrogen) atoms. The number of nitrogens with zero attached hydrogens (tertiary/aromatic N) is 4. The van der Waals surface area contributed by atoms with Crippen LogP contribution in [0.15, 0.2) is 34.4 Å². The van der Waals surface area contributed by atoms with Gasteiger partial charge in [0, 0.05) is 40.9 Å². The lowest BCUT2D eigenvalue weighted by molar-refractivity contribution is -0.132. The molecule has 1 aliphatic rings. The molecule has 11 heteroatoms. The summed E-state index contributed by atoms with van der Waals surface area (Å²) >= 11 is 6.06. The van der Waals surface area contributed by atoms with Crippen LogP contribution in [0.1, 0.15) is 25.5 Å². The summed E-state index contributed by atoms with van der Waals surface area (Å²) in [5.41, 5.74) is 4.43. The number of carbonyl (C=O) groups excluding carboxylic acids is 2. The Kier molecular flexibility index (Phi) is 8.42. The molecular formula is C22H29ClN8O2. The minimum Gasteiger partial charge on any atom is -0.357 e. The third kappa shape index (κ3) is 6.32. The molecular weight excluding hydrogens is 444 g/mol. The number of halogens is 1. The van der Waals surface area contributed by atoms with Crippen LogP contribution in [0.5, 0.6) is 0 Å². The molecule has 0 aliphatic carbocycles. The second-order valence-corrected chi connectivity index (χ2v) is 8.26. The van der Waals surface area contributed by atoms with E-state index in [2.05, 4.69) is 32.5 Å². The lowest BCUT2D eigenvalue weighted by atomic mass is 10.0. The van der Waals surface area contributed by atoms with E-state index in [4.69, 9.17) is 17.0 Å². The molecule has 4 N–H and O–H groups in total. The molecule has 0 spiro atoms. The van der Waals surface area contributed by atoms with Gasteiger partial charge in [0.05, 0.1) is 18.8 Å². The van der Waals surface area contributed by atoms with Crippen molar-refractivity contribution >= 4 is 53.6 Å². The summed E-state index contributed by atoms with van der Waals surface area (Å²) in [5, 5.41) is 15.2. The van der Waals surface area contributed by atoms with Gasteiger partial charge in [0.25, 0.3) is 0 Å². The number of fused-ring (bicyclic) bond motifs is 1. The van der Waals surface area contributed by atoms with E-state index < -0.39 is 6.17 Å². The highest BCUT2D eigenvalue weighted by molar-refractivity contribution is 6.31. The van der Waals surface area contributed by atoms with Crippen molar-refractivity contribution in [3.63, 3.8) is 0 Å². The Bertz CT molecular complexity index is 1040. The highest BCUT2D eigenvalue weighted by Crippen LogP contribution is 2.21. The van der Waals surface area contributed by atoms with Crippen molar-refractivity contribution in [2.24, 2.45) is 10.1 Å².